The van der Waals surface area contributed by atoms with E-state index in [0.29, 0.717) is 5.57 Å². The molecule has 0 N–H and O–H groups in total. The standard InChI is InChI=1S/C13H18N2O/c1-6-9(2)13(11(4)16)7-12-8-15(5)14-10(12)3/h7-8H,2,6H2,1,3-5H3. The van der Waals surface area contributed by atoms with E-state index in [1.54, 1.807) is 11.6 Å². The molecular weight excluding hydrogens is 200 g/mol. The molecule has 1 aromatic rings. The molecule has 0 aliphatic carbocycles. The van der Waals surface area contributed by atoms with Crippen LogP contribution in [0.5, 0.6) is 0 Å². The smallest absolute Gasteiger partial charge is 0.160 e. The lowest BCUT2D eigenvalue weighted by Gasteiger charge is -2.04. The van der Waals surface area contributed by atoms with Crippen LogP contribution in [0.1, 0.15) is 31.5 Å². The van der Waals surface area contributed by atoms with Crippen LogP contribution in [0, 0.1) is 6.92 Å². The van der Waals surface area contributed by atoms with Gasteiger partial charge < -0.3 is 0 Å². The van der Waals surface area contributed by atoms with Crippen molar-refractivity contribution in [3.05, 3.63) is 35.2 Å². The fraction of sp³-hybridized carbons (Fsp3) is 0.385. The number of ketones is 1. The number of nitrogens with zero attached hydrogens (tertiary/aromatic N) is 2. The Kier molecular flexibility index (Phi) is 3.82. The summed E-state index contributed by atoms with van der Waals surface area (Å²) in [6.07, 6.45) is 4.56. The molecule has 0 aliphatic heterocycles. The largest absolute Gasteiger partial charge is 0.295 e. The number of carbonyl (C=O) groups is 1. The minimum Gasteiger partial charge on any atom is -0.295 e. The molecule has 0 bridgehead atoms. The molecule has 0 unspecified atom stereocenters. The van der Waals surface area contributed by atoms with Crippen molar-refractivity contribution in [1.29, 1.82) is 0 Å². The van der Waals surface area contributed by atoms with Crippen LogP contribution in [0.4, 0.5) is 0 Å². The number of carbonyl (C=O) groups excluding carboxylic acids is 1. The Morgan fingerprint density at radius 3 is 2.62 bits per heavy atom. The highest BCUT2D eigenvalue weighted by molar-refractivity contribution is 6.02. The van der Waals surface area contributed by atoms with Gasteiger partial charge >= 0.3 is 0 Å². The minimum atomic E-state index is 0.0510. The maximum atomic E-state index is 11.5. The number of aromatic nitrogens is 2. The van der Waals surface area contributed by atoms with Crippen molar-refractivity contribution in [2.45, 2.75) is 27.2 Å². The Morgan fingerprint density at radius 1 is 1.62 bits per heavy atom. The molecule has 16 heavy (non-hydrogen) atoms. The number of hydrogen-bond donors (Lipinski definition) is 0. The van der Waals surface area contributed by atoms with Crippen molar-refractivity contribution < 1.29 is 4.79 Å². The molecule has 0 aromatic carbocycles. The molecule has 3 heteroatoms. The van der Waals surface area contributed by atoms with Crippen molar-refractivity contribution in [2.75, 3.05) is 0 Å². The van der Waals surface area contributed by atoms with E-state index in [1.807, 2.05) is 33.2 Å². The van der Waals surface area contributed by atoms with Crippen LogP contribution in [0.25, 0.3) is 6.08 Å². The lowest BCUT2D eigenvalue weighted by molar-refractivity contribution is -0.113. The Labute approximate surface area is 96.5 Å². The second kappa shape index (κ2) is 4.92. The molecule has 0 atom stereocenters. The van der Waals surface area contributed by atoms with E-state index >= 15 is 0 Å². The molecular formula is C13H18N2O. The average molecular weight is 218 g/mol. The lowest BCUT2D eigenvalue weighted by atomic mass is 9.99. The summed E-state index contributed by atoms with van der Waals surface area (Å²) < 4.78 is 1.74. The molecule has 0 saturated heterocycles. The van der Waals surface area contributed by atoms with Gasteiger partial charge in [0.2, 0.25) is 0 Å². The summed E-state index contributed by atoms with van der Waals surface area (Å²) in [5.41, 5.74) is 3.46. The monoisotopic (exact) mass is 218 g/mol. The van der Waals surface area contributed by atoms with E-state index in [9.17, 15) is 4.79 Å². The minimum absolute atomic E-state index is 0.0510. The lowest BCUT2D eigenvalue weighted by Crippen LogP contribution is -1.99. The van der Waals surface area contributed by atoms with E-state index < -0.39 is 0 Å². The van der Waals surface area contributed by atoms with Crippen LogP contribution in [0.15, 0.2) is 23.9 Å². The Balaban J connectivity index is 3.17. The van der Waals surface area contributed by atoms with Crippen LogP contribution in [0.3, 0.4) is 0 Å². The summed E-state index contributed by atoms with van der Waals surface area (Å²) in [5, 5.41) is 4.24. The van der Waals surface area contributed by atoms with Gasteiger partial charge in [-0.05, 0) is 31.9 Å². The third kappa shape index (κ3) is 2.69. The van der Waals surface area contributed by atoms with Gasteiger partial charge in [0.25, 0.3) is 0 Å². The van der Waals surface area contributed by atoms with E-state index in [1.165, 1.54) is 0 Å². The Bertz CT molecular complexity index is 452. The molecule has 0 fully saturated rings. The fourth-order valence-electron chi connectivity index (χ4n) is 1.56. The van der Waals surface area contributed by atoms with Gasteiger partial charge in [-0.25, -0.2) is 0 Å². The predicted molar refractivity (Wildman–Crippen MR) is 66.0 cm³/mol. The average Bonchev–Trinajstić information content (AvgIpc) is 2.52. The highest BCUT2D eigenvalue weighted by atomic mass is 16.1. The van der Waals surface area contributed by atoms with Crippen LogP contribution in [-0.4, -0.2) is 15.6 Å². The van der Waals surface area contributed by atoms with Crippen LogP contribution >= 0.6 is 0 Å². The van der Waals surface area contributed by atoms with Crippen molar-refractivity contribution in [1.82, 2.24) is 9.78 Å². The third-order valence-electron chi connectivity index (χ3n) is 2.54. The first-order chi connectivity index (χ1) is 7.45. The summed E-state index contributed by atoms with van der Waals surface area (Å²) in [6.45, 7) is 9.40. The Hall–Kier alpha value is -1.64. The Morgan fingerprint density at radius 2 is 2.25 bits per heavy atom. The molecule has 1 aromatic heterocycles. The van der Waals surface area contributed by atoms with E-state index in [2.05, 4.69) is 11.7 Å². The SMILES string of the molecule is C=C(CC)C(=Cc1cn(C)nc1C)C(C)=O. The number of aryl methyl sites for hydroxylation is 2. The second-order valence-electron chi connectivity index (χ2n) is 3.91. The molecule has 86 valence electrons. The zero-order chi connectivity index (χ0) is 12.3. The van der Waals surface area contributed by atoms with Crippen molar-refractivity contribution >= 4 is 11.9 Å². The first kappa shape index (κ1) is 12.4. The number of rotatable bonds is 4. The quantitative estimate of drug-likeness (QED) is 0.575. The third-order valence-corrected chi connectivity index (χ3v) is 2.54. The number of allylic oxidation sites excluding steroid dienone is 2. The normalized spacial score (nSPS) is 11.6. The maximum Gasteiger partial charge on any atom is 0.160 e. The summed E-state index contributed by atoms with van der Waals surface area (Å²) >= 11 is 0. The van der Waals surface area contributed by atoms with Crippen LogP contribution < -0.4 is 0 Å². The predicted octanol–water partition coefficient (Wildman–Crippen LogP) is 2.67. The maximum absolute atomic E-state index is 11.5. The van der Waals surface area contributed by atoms with Gasteiger partial charge in [0.1, 0.15) is 0 Å². The van der Waals surface area contributed by atoms with Gasteiger partial charge in [0.15, 0.2) is 5.78 Å². The van der Waals surface area contributed by atoms with Crippen molar-refractivity contribution in [2.24, 2.45) is 7.05 Å². The molecule has 0 aliphatic rings. The zero-order valence-electron chi connectivity index (χ0n) is 10.4. The summed E-state index contributed by atoms with van der Waals surface area (Å²) in [4.78, 5) is 11.5. The highest BCUT2D eigenvalue weighted by Gasteiger charge is 2.09. The molecule has 0 saturated carbocycles. The molecule has 1 rings (SSSR count). The summed E-state index contributed by atoms with van der Waals surface area (Å²) in [6, 6.07) is 0. The molecule has 0 amide bonds. The molecule has 0 radical (unpaired) electrons. The van der Waals surface area contributed by atoms with E-state index in [0.717, 1.165) is 23.3 Å². The van der Waals surface area contributed by atoms with E-state index in [-0.39, 0.29) is 5.78 Å². The van der Waals surface area contributed by atoms with Gasteiger partial charge in [0.05, 0.1) is 5.69 Å². The molecule has 0 spiro atoms. The van der Waals surface area contributed by atoms with Crippen LogP contribution in [-0.2, 0) is 11.8 Å². The summed E-state index contributed by atoms with van der Waals surface area (Å²) in [7, 11) is 1.87. The van der Waals surface area contributed by atoms with Gasteiger partial charge in [-0.1, -0.05) is 13.5 Å². The first-order valence-electron chi connectivity index (χ1n) is 5.36. The number of hydrogen-bond acceptors (Lipinski definition) is 2. The second-order valence-corrected chi connectivity index (χ2v) is 3.91. The topological polar surface area (TPSA) is 34.9 Å². The number of Topliss-reactive ketones (excluding diaryl/α,β-unsaturated/α-hetero) is 1. The van der Waals surface area contributed by atoms with Crippen LogP contribution in [0.2, 0.25) is 0 Å². The van der Waals surface area contributed by atoms with Gasteiger partial charge in [-0.2, -0.15) is 5.10 Å². The molecule has 3 nitrogen and oxygen atoms in total. The summed E-state index contributed by atoms with van der Waals surface area (Å²) in [5.74, 6) is 0.0510. The highest BCUT2D eigenvalue weighted by Crippen LogP contribution is 2.18. The van der Waals surface area contributed by atoms with Gasteiger partial charge in [0, 0.05) is 24.4 Å². The van der Waals surface area contributed by atoms with E-state index in [4.69, 9.17) is 0 Å². The first-order valence-corrected chi connectivity index (χ1v) is 5.36. The van der Waals surface area contributed by atoms with Gasteiger partial charge in [-0.3, -0.25) is 9.48 Å². The van der Waals surface area contributed by atoms with Gasteiger partial charge in [-0.15, -0.1) is 0 Å². The fourth-order valence-corrected chi connectivity index (χ4v) is 1.56. The van der Waals surface area contributed by atoms with Crippen molar-refractivity contribution in [3.63, 3.8) is 0 Å². The molecule has 1 heterocycles. The van der Waals surface area contributed by atoms with Crippen molar-refractivity contribution in [3.8, 4) is 0 Å². The zero-order valence-corrected chi connectivity index (χ0v) is 10.4.